The number of aliphatic hydroxyl groups excluding tert-OH is 1. The molecule has 1 fully saturated rings. The zero-order chi connectivity index (χ0) is 12.9. The van der Waals surface area contributed by atoms with Gasteiger partial charge in [0.05, 0.1) is 6.10 Å². The summed E-state index contributed by atoms with van der Waals surface area (Å²) < 4.78 is 32.8. The summed E-state index contributed by atoms with van der Waals surface area (Å²) in [6, 6.07) is -0.0203. The number of rotatable bonds is 8. The number of hydrogen-bond acceptors (Lipinski definition) is 4. The molecule has 0 saturated heterocycles. The predicted molar refractivity (Wildman–Crippen MR) is 64.8 cm³/mol. The summed E-state index contributed by atoms with van der Waals surface area (Å²) in [5, 5.41) is 8.66. The normalized spacial score (nSPS) is 24.9. The minimum absolute atomic E-state index is 0.00426. The van der Waals surface area contributed by atoms with Crippen LogP contribution in [0.2, 0.25) is 0 Å². The third kappa shape index (κ3) is 4.51. The zero-order valence-corrected chi connectivity index (χ0v) is 11.2. The van der Waals surface area contributed by atoms with Gasteiger partial charge in [-0.1, -0.05) is 0 Å². The van der Waals surface area contributed by atoms with Gasteiger partial charge in [0.25, 0.3) is 10.2 Å². The summed E-state index contributed by atoms with van der Waals surface area (Å²) in [4.78, 5) is 0. The van der Waals surface area contributed by atoms with Gasteiger partial charge in [0.1, 0.15) is 0 Å². The van der Waals surface area contributed by atoms with Crippen molar-refractivity contribution in [1.82, 2.24) is 9.03 Å². The molecule has 0 bridgehead atoms. The van der Waals surface area contributed by atoms with Crippen LogP contribution in [0.25, 0.3) is 0 Å². The van der Waals surface area contributed by atoms with Crippen LogP contribution in [0, 0.1) is 0 Å². The first kappa shape index (κ1) is 14.8. The Morgan fingerprint density at radius 1 is 1.47 bits per heavy atom. The highest BCUT2D eigenvalue weighted by Gasteiger charge is 2.33. The summed E-state index contributed by atoms with van der Waals surface area (Å²) >= 11 is 0. The molecule has 102 valence electrons. The molecule has 6 nitrogen and oxygen atoms in total. The molecule has 1 aliphatic rings. The first-order valence-electron chi connectivity index (χ1n) is 5.95. The number of nitrogens with one attached hydrogen (secondary N) is 1. The fourth-order valence-electron chi connectivity index (χ4n) is 1.75. The molecular weight excluding hydrogens is 244 g/mol. The molecule has 0 aromatic heterocycles. The lowest BCUT2D eigenvalue weighted by atomic mass is 9.90. The van der Waals surface area contributed by atoms with Gasteiger partial charge in [0.15, 0.2) is 0 Å². The van der Waals surface area contributed by atoms with Crippen molar-refractivity contribution in [3.8, 4) is 0 Å². The minimum atomic E-state index is -3.41. The van der Waals surface area contributed by atoms with Crippen molar-refractivity contribution >= 4 is 10.2 Å². The molecule has 0 aliphatic heterocycles. The summed E-state index contributed by atoms with van der Waals surface area (Å²) in [5.41, 5.74) is 0. The van der Waals surface area contributed by atoms with Crippen LogP contribution >= 0.6 is 0 Å². The Bertz CT molecular complexity index is 314. The molecule has 7 heteroatoms. The number of aliphatic hydroxyl groups is 1. The fraction of sp³-hybridized carbons (Fsp3) is 1.00. The first-order chi connectivity index (χ1) is 7.99. The van der Waals surface area contributed by atoms with E-state index in [1.807, 2.05) is 6.92 Å². The molecule has 0 heterocycles. The zero-order valence-electron chi connectivity index (χ0n) is 10.4. The molecule has 2 N–H and O–H groups in total. The van der Waals surface area contributed by atoms with Crippen molar-refractivity contribution in [2.24, 2.45) is 0 Å². The van der Waals surface area contributed by atoms with Crippen LogP contribution in [-0.4, -0.2) is 56.8 Å². The summed E-state index contributed by atoms with van der Waals surface area (Å²) in [7, 11) is -1.90. The molecule has 0 atom stereocenters. The van der Waals surface area contributed by atoms with E-state index in [-0.39, 0.29) is 18.8 Å². The Kier molecular flexibility index (Phi) is 5.81. The van der Waals surface area contributed by atoms with Gasteiger partial charge >= 0.3 is 0 Å². The summed E-state index contributed by atoms with van der Waals surface area (Å²) in [6.07, 6.45) is 2.11. The lowest BCUT2D eigenvalue weighted by Crippen LogP contribution is -2.51. The average molecular weight is 266 g/mol. The molecule has 1 rings (SSSR count). The molecule has 1 saturated carbocycles. The van der Waals surface area contributed by atoms with Crippen LogP contribution in [0.3, 0.4) is 0 Å². The van der Waals surface area contributed by atoms with Crippen molar-refractivity contribution in [2.75, 3.05) is 26.8 Å². The van der Waals surface area contributed by atoms with Gasteiger partial charge in [-0.2, -0.15) is 17.4 Å². The van der Waals surface area contributed by atoms with Crippen LogP contribution < -0.4 is 4.72 Å². The second kappa shape index (κ2) is 6.65. The van der Waals surface area contributed by atoms with E-state index in [1.54, 1.807) is 0 Å². The van der Waals surface area contributed by atoms with Crippen LogP contribution in [0.15, 0.2) is 0 Å². The van der Waals surface area contributed by atoms with Gasteiger partial charge in [-0.05, 0) is 26.2 Å². The van der Waals surface area contributed by atoms with Gasteiger partial charge < -0.3 is 9.84 Å². The number of hydrogen-bond donors (Lipinski definition) is 2. The molecular formula is C10H22N2O4S. The molecule has 0 amide bonds. The maximum Gasteiger partial charge on any atom is 0.279 e. The van der Waals surface area contributed by atoms with Crippen LogP contribution in [0.4, 0.5) is 0 Å². The molecule has 0 aromatic rings. The van der Waals surface area contributed by atoms with E-state index in [0.29, 0.717) is 19.6 Å². The van der Waals surface area contributed by atoms with Gasteiger partial charge in [0.2, 0.25) is 0 Å². The van der Waals surface area contributed by atoms with Gasteiger partial charge in [-0.3, -0.25) is 0 Å². The van der Waals surface area contributed by atoms with Crippen molar-refractivity contribution in [3.05, 3.63) is 0 Å². The second-order valence-corrected chi connectivity index (χ2v) is 6.08. The first-order valence-corrected chi connectivity index (χ1v) is 7.39. The molecule has 0 radical (unpaired) electrons. The fourth-order valence-corrected chi connectivity index (χ4v) is 2.91. The molecule has 0 spiro atoms. The lowest BCUT2D eigenvalue weighted by Gasteiger charge is -2.35. The van der Waals surface area contributed by atoms with Gasteiger partial charge in [-0.15, -0.1) is 0 Å². The maximum atomic E-state index is 11.8. The molecule has 17 heavy (non-hydrogen) atoms. The highest BCUT2D eigenvalue weighted by atomic mass is 32.2. The van der Waals surface area contributed by atoms with E-state index >= 15 is 0 Å². The van der Waals surface area contributed by atoms with Crippen molar-refractivity contribution in [2.45, 2.75) is 38.3 Å². The second-order valence-electron chi connectivity index (χ2n) is 4.27. The lowest BCUT2D eigenvalue weighted by molar-refractivity contribution is -0.00503. The standard InChI is InChI=1S/C10H22N2O4S/c1-3-16-10-7-9(8-10)11-17(14,15)12(2)5-4-6-13/h9-11,13H,3-8H2,1-2H3. The largest absolute Gasteiger partial charge is 0.396 e. The van der Waals surface area contributed by atoms with Crippen LogP contribution in [-0.2, 0) is 14.9 Å². The SMILES string of the molecule is CCOC1CC(NS(=O)(=O)N(C)CCCO)C1. The third-order valence-electron chi connectivity index (χ3n) is 2.85. The van der Waals surface area contributed by atoms with Crippen LogP contribution in [0.1, 0.15) is 26.2 Å². The summed E-state index contributed by atoms with van der Waals surface area (Å²) in [5.74, 6) is 0. The van der Waals surface area contributed by atoms with E-state index in [9.17, 15) is 8.42 Å². The van der Waals surface area contributed by atoms with Gasteiger partial charge in [-0.25, -0.2) is 0 Å². The highest BCUT2D eigenvalue weighted by Crippen LogP contribution is 2.24. The van der Waals surface area contributed by atoms with E-state index in [4.69, 9.17) is 9.84 Å². The Labute approximate surface area is 103 Å². The molecule has 0 unspecified atom stereocenters. The van der Waals surface area contributed by atoms with E-state index in [0.717, 1.165) is 12.8 Å². The number of nitrogens with zero attached hydrogens (tertiary/aromatic N) is 1. The van der Waals surface area contributed by atoms with E-state index in [1.165, 1.54) is 11.4 Å². The Hall–Kier alpha value is -0.210. The molecule has 0 aromatic carbocycles. The summed E-state index contributed by atoms with van der Waals surface area (Å²) in [6.45, 7) is 2.92. The van der Waals surface area contributed by atoms with Crippen molar-refractivity contribution < 1.29 is 18.3 Å². The predicted octanol–water partition coefficient (Wildman–Crippen LogP) is -0.297. The average Bonchev–Trinajstić information content (AvgIpc) is 2.22. The Morgan fingerprint density at radius 2 is 2.12 bits per heavy atom. The smallest absolute Gasteiger partial charge is 0.279 e. The monoisotopic (exact) mass is 266 g/mol. The minimum Gasteiger partial charge on any atom is -0.396 e. The Balaban J connectivity index is 2.31. The van der Waals surface area contributed by atoms with Crippen molar-refractivity contribution in [1.29, 1.82) is 0 Å². The maximum absolute atomic E-state index is 11.8. The third-order valence-corrected chi connectivity index (χ3v) is 4.49. The van der Waals surface area contributed by atoms with E-state index < -0.39 is 10.2 Å². The van der Waals surface area contributed by atoms with Crippen LogP contribution in [0.5, 0.6) is 0 Å². The number of ether oxygens (including phenoxy) is 1. The molecule has 1 aliphatic carbocycles. The Morgan fingerprint density at radius 3 is 2.65 bits per heavy atom. The highest BCUT2D eigenvalue weighted by molar-refractivity contribution is 7.87. The van der Waals surface area contributed by atoms with Gasteiger partial charge in [0, 0.05) is 32.8 Å². The van der Waals surface area contributed by atoms with Crippen molar-refractivity contribution in [3.63, 3.8) is 0 Å². The topological polar surface area (TPSA) is 78.9 Å². The quantitative estimate of drug-likeness (QED) is 0.632. The van der Waals surface area contributed by atoms with E-state index in [2.05, 4.69) is 4.72 Å².